The first-order valence-corrected chi connectivity index (χ1v) is 10.8. The van der Waals surface area contributed by atoms with Crippen molar-refractivity contribution in [1.29, 1.82) is 0 Å². The van der Waals surface area contributed by atoms with Crippen LogP contribution in [-0.2, 0) is 11.3 Å². The van der Waals surface area contributed by atoms with E-state index in [1.807, 2.05) is 29.2 Å². The van der Waals surface area contributed by atoms with Gasteiger partial charge in [0.1, 0.15) is 29.8 Å². The molecule has 0 spiro atoms. The van der Waals surface area contributed by atoms with Crippen LogP contribution in [0.3, 0.4) is 0 Å². The lowest BCUT2D eigenvalue weighted by atomic mass is 10.00. The first kappa shape index (κ1) is 18.6. The summed E-state index contributed by atoms with van der Waals surface area (Å²) in [7, 11) is 0. The van der Waals surface area contributed by atoms with E-state index < -0.39 is 0 Å². The molecule has 1 atom stereocenters. The molecular weight excluding hydrogens is 398 g/mol. The minimum atomic E-state index is -0.218. The molecule has 0 radical (unpaired) electrons. The van der Waals surface area contributed by atoms with Crippen LogP contribution < -0.4 is 4.74 Å². The number of aromatic nitrogens is 4. The highest BCUT2D eigenvalue weighted by molar-refractivity contribution is 5.96. The van der Waals surface area contributed by atoms with Crippen LogP contribution in [0.2, 0.25) is 0 Å². The van der Waals surface area contributed by atoms with Crippen molar-refractivity contribution < 1.29 is 18.8 Å². The number of fused-ring (bicyclic) bond motifs is 3. The van der Waals surface area contributed by atoms with Crippen molar-refractivity contribution in [3.8, 4) is 17.0 Å². The highest BCUT2D eigenvalue weighted by Gasteiger charge is 2.38. The zero-order valence-electron chi connectivity index (χ0n) is 17.0. The quantitative estimate of drug-likeness (QED) is 0.692. The molecule has 0 saturated carbocycles. The summed E-state index contributed by atoms with van der Waals surface area (Å²) < 4.78 is 16.9. The third-order valence-corrected chi connectivity index (χ3v) is 6.44. The molecule has 1 aromatic carbocycles. The van der Waals surface area contributed by atoms with E-state index >= 15 is 0 Å². The van der Waals surface area contributed by atoms with Gasteiger partial charge in [0.2, 0.25) is 5.89 Å². The summed E-state index contributed by atoms with van der Waals surface area (Å²) in [5, 5.41) is 11.6. The van der Waals surface area contributed by atoms with Gasteiger partial charge < -0.3 is 18.9 Å². The van der Waals surface area contributed by atoms with Gasteiger partial charge >= 0.3 is 0 Å². The largest absolute Gasteiger partial charge is 0.488 e. The number of H-pyrrole nitrogens is 1. The molecule has 0 bridgehead atoms. The number of hydrogen-bond donors (Lipinski definition) is 1. The van der Waals surface area contributed by atoms with E-state index in [0.717, 1.165) is 67.3 Å². The lowest BCUT2D eigenvalue weighted by molar-refractivity contribution is 0.0701. The maximum atomic E-state index is 13.5. The molecule has 5 heterocycles. The molecular formula is C22H23N5O4. The van der Waals surface area contributed by atoms with Gasteiger partial charge in [-0.3, -0.25) is 9.89 Å². The van der Waals surface area contributed by atoms with Crippen LogP contribution in [0, 0.1) is 0 Å². The number of para-hydroxylation sites is 1. The van der Waals surface area contributed by atoms with Gasteiger partial charge in [0.05, 0.1) is 0 Å². The number of hydrogen-bond acceptors (Lipinski definition) is 7. The van der Waals surface area contributed by atoms with Crippen LogP contribution in [0.5, 0.6) is 5.75 Å². The summed E-state index contributed by atoms with van der Waals surface area (Å²) in [5.41, 5.74) is 2.94. The average molecular weight is 421 g/mol. The number of carbonyl (C=O) groups excluding carboxylic acids is 1. The second-order valence-corrected chi connectivity index (χ2v) is 8.24. The third-order valence-electron chi connectivity index (χ3n) is 6.44. The molecule has 160 valence electrons. The Morgan fingerprint density at radius 3 is 2.94 bits per heavy atom. The lowest BCUT2D eigenvalue weighted by Gasteiger charge is -2.23. The molecule has 0 aliphatic carbocycles. The molecule has 2 aromatic heterocycles. The minimum Gasteiger partial charge on any atom is -0.488 e. The zero-order chi connectivity index (χ0) is 20.8. The molecule has 3 aliphatic heterocycles. The van der Waals surface area contributed by atoms with E-state index in [0.29, 0.717) is 24.7 Å². The number of benzene rings is 1. The third kappa shape index (κ3) is 3.11. The van der Waals surface area contributed by atoms with E-state index in [-0.39, 0.29) is 17.9 Å². The maximum absolute atomic E-state index is 13.5. The summed E-state index contributed by atoms with van der Waals surface area (Å²) >= 11 is 0. The molecule has 9 nitrogen and oxygen atoms in total. The molecule has 2 saturated heterocycles. The van der Waals surface area contributed by atoms with E-state index in [4.69, 9.17) is 14.0 Å². The van der Waals surface area contributed by atoms with Crippen molar-refractivity contribution in [2.45, 2.75) is 44.2 Å². The first-order chi connectivity index (χ1) is 15.3. The van der Waals surface area contributed by atoms with Gasteiger partial charge in [0, 0.05) is 36.8 Å². The number of likely N-dealkylation sites (tertiary alicyclic amines) is 1. The molecule has 2 fully saturated rings. The Morgan fingerprint density at radius 1 is 1.16 bits per heavy atom. The van der Waals surface area contributed by atoms with E-state index in [2.05, 4.69) is 20.3 Å². The molecule has 31 heavy (non-hydrogen) atoms. The highest BCUT2D eigenvalue weighted by Crippen LogP contribution is 2.39. The lowest BCUT2D eigenvalue weighted by Crippen LogP contribution is -2.32. The SMILES string of the molecule is O=C(c1[nH]nc2c1COc1ccccc1-2)N1CCCC1c1nc(C2CCOCC2)no1. The number of nitrogens with one attached hydrogen (secondary N) is 1. The Morgan fingerprint density at radius 2 is 2.03 bits per heavy atom. The number of aromatic amines is 1. The number of ether oxygens (including phenoxy) is 2. The summed E-state index contributed by atoms with van der Waals surface area (Å²) in [4.78, 5) is 20.0. The van der Waals surface area contributed by atoms with Gasteiger partial charge in [-0.15, -0.1) is 0 Å². The summed E-state index contributed by atoms with van der Waals surface area (Å²) in [6.07, 6.45) is 3.49. The second kappa shape index (κ2) is 7.49. The number of nitrogens with zero attached hydrogens (tertiary/aromatic N) is 4. The Bertz CT molecular complexity index is 1120. The predicted molar refractivity (Wildman–Crippen MR) is 108 cm³/mol. The fourth-order valence-electron chi connectivity index (χ4n) is 4.76. The summed E-state index contributed by atoms with van der Waals surface area (Å²) in [6, 6.07) is 7.52. The molecule has 3 aromatic rings. The molecule has 3 aliphatic rings. The second-order valence-electron chi connectivity index (χ2n) is 8.24. The summed E-state index contributed by atoms with van der Waals surface area (Å²) in [6.45, 7) is 2.40. The van der Waals surface area contributed by atoms with E-state index in [9.17, 15) is 4.79 Å². The van der Waals surface area contributed by atoms with Gasteiger partial charge in [-0.25, -0.2) is 0 Å². The molecule has 6 rings (SSSR count). The Hall–Kier alpha value is -3.20. The Labute approximate surface area is 178 Å². The van der Waals surface area contributed by atoms with Crippen LogP contribution in [0.4, 0.5) is 0 Å². The summed E-state index contributed by atoms with van der Waals surface area (Å²) in [5.74, 6) is 2.17. The van der Waals surface area contributed by atoms with Crippen LogP contribution in [0.1, 0.15) is 65.4 Å². The fraction of sp³-hybridized carbons (Fsp3) is 0.455. The average Bonchev–Trinajstić information content (AvgIpc) is 3.58. The van der Waals surface area contributed by atoms with Crippen molar-refractivity contribution in [1.82, 2.24) is 25.2 Å². The van der Waals surface area contributed by atoms with Crippen LogP contribution in [-0.4, -0.2) is 50.9 Å². The van der Waals surface area contributed by atoms with Crippen molar-refractivity contribution in [3.63, 3.8) is 0 Å². The number of carbonyl (C=O) groups is 1. The van der Waals surface area contributed by atoms with Gasteiger partial charge in [0.15, 0.2) is 5.82 Å². The molecule has 1 unspecified atom stereocenters. The fourth-order valence-corrected chi connectivity index (χ4v) is 4.76. The first-order valence-electron chi connectivity index (χ1n) is 10.8. The number of amides is 1. The van der Waals surface area contributed by atoms with Crippen molar-refractivity contribution in [2.75, 3.05) is 19.8 Å². The van der Waals surface area contributed by atoms with Gasteiger partial charge in [-0.05, 0) is 37.8 Å². The normalized spacial score (nSPS) is 20.9. The van der Waals surface area contributed by atoms with E-state index in [1.54, 1.807) is 0 Å². The minimum absolute atomic E-state index is 0.106. The van der Waals surface area contributed by atoms with Gasteiger partial charge in [-0.2, -0.15) is 10.1 Å². The molecule has 1 amide bonds. The smallest absolute Gasteiger partial charge is 0.272 e. The Kier molecular flexibility index (Phi) is 4.48. The number of rotatable bonds is 3. The maximum Gasteiger partial charge on any atom is 0.272 e. The Balaban J connectivity index is 1.27. The van der Waals surface area contributed by atoms with E-state index in [1.165, 1.54) is 0 Å². The van der Waals surface area contributed by atoms with Crippen LogP contribution >= 0.6 is 0 Å². The van der Waals surface area contributed by atoms with Crippen molar-refractivity contribution in [3.05, 3.63) is 47.2 Å². The van der Waals surface area contributed by atoms with Gasteiger partial charge in [-0.1, -0.05) is 17.3 Å². The highest BCUT2D eigenvalue weighted by atomic mass is 16.5. The van der Waals surface area contributed by atoms with Crippen LogP contribution in [0.15, 0.2) is 28.8 Å². The standard InChI is InChI=1S/C22H23N5O4/c28-22(19-15-12-30-17-6-2-1-4-14(17)18(15)24-25-19)27-9-3-5-16(27)21-23-20(26-31-21)13-7-10-29-11-8-13/h1-2,4,6,13,16H,3,5,7-12H2,(H,24,25). The van der Waals surface area contributed by atoms with Crippen LogP contribution in [0.25, 0.3) is 11.3 Å². The van der Waals surface area contributed by atoms with Crippen molar-refractivity contribution in [2.24, 2.45) is 0 Å². The molecule has 9 heteroatoms. The predicted octanol–water partition coefficient (Wildman–Crippen LogP) is 3.22. The molecule has 1 N–H and O–H groups in total. The monoisotopic (exact) mass is 421 g/mol. The topological polar surface area (TPSA) is 106 Å². The zero-order valence-corrected chi connectivity index (χ0v) is 17.0. The van der Waals surface area contributed by atoms with Crippen molar-refractivity contribution >= 4 is 5.91 Å². The van der Waals surface area contributed by atoms with Gasteiger partial charge in [0.25, 0.3) is 5.91 Å².